The van der Waals surface area contributed by atoms with E-state index in [-0.39, 0.29) is 12.3 Å². The van der Waals surface area contributed by atoms with Crippen LogP contribution >= 0.6 is 0 Å². The van der Waals surface area contributed by atoms with Gasteiger partial charge in [-0.25, -0.2) is 4.79 Å². The van der Waals surface area contributed by atoms with Gasteiger partial charge >= 0.3 is 11.9 Å². The number of hydrogen-bond acceptors (Lipinski definition) is 4. The molecule has 4 rings (SSSR count). The lowest BCUT2D eigenvalue weighted by Gasteiger charge is -2.25. The van der Waals surface area contributed by atoms with Crippen molar-refractivity contribution in [2.24, 2.45) is 11.3 Å². The molecular formula is C34H37NO5. The van der Waals surface area contributed by atoms with Crippen molar-refractivity contribution in [2.75, 3.05) is 6.61 Å². The summed E-state index contributed by atoms with van der Waals surface area (Å²) in [6.45, 7) is 4.23. The van der Waals surface area contributed by atoms with E-state index in [1.807, 2.05) is 72.8 Å². The number of ether oxygens (including phenoxy) is 1. The monoisotopic (exact) mass is 539 g/mol. The maximum Gasteiger partial charge on any atom is 0.338 e. The van der Waals surface area contributed by atoms with Gasteiger partial charge in [0, 0.05) is 11.6 Å². The van der Waals surface area contributed by atoms with Crippen molar-refractivity contribution in [1.29, 1.82) is 0 Å². The molecule has 0 aliphatic rings. The van der Waals surface area contributed by atoms with Crippen LogP contribution in [-0.4, -0.2) is 28.4 Å². The van der Waals surface area contributed by atoms with Crippen LogP contribution in [0.3, 0.4) is 0 Å². The first kappa shape index (κ1) is 28.7. The van der Waals surface area contributed by atoms with Gasteiger partial charge < -0.3 is 14.7 Å². The normalized spacial score (nSPS) is 12.4. The first-order chi connectivity index (χ1) is 19.3. The van der Waals surface area contributed by atoms with Gasteiger partial charge in [0.05, 0.1) is 24.0 Å². The molecule has 0 saturated carbocycles. The number of hydrogen-bond donors (Lipinski definition) is 1. The average molecular weight is 540 g/mol. The Labute approximate surface area is 235 Å². The quantitative estimate of drug-likeness (QED) is 0.171. The molecule has 0 bridgehead atoms. The van der Waals surface area contributed by atoms with Gasteiger partial charge in [-0.1, -0.05) is 72.8 Å². The van der Waals surface area contributed by atoms with Crippen LogP contribution in [0.2, 0.25) is 0 Å². The summed E-state index contributed by atoms with van der Waals surface area (Å²) >= 11 is 0. The van der Waals surface area contributed by atoms with Crippen molar-refractivity contribution in [1.82, 2.24) is 4.73 Å². The van der Waals surface area contributed by atoms with Gasteiger partial charge in [-0.05, 0) is 80.8 Å². The molecule has 0 amide bonds. The highest BCUT2D eigenvalue weighted by atomic mass is 16.7. The third-order valence-corrected chi connectivity index (χ3v) is 6.92. The highest BCUT2D eigenvalue weighted by molar-refractivity contribution is 5.82. The second-order valence-corrected chi connectivity index (χ2v) is 10.7. The van der Waals surface area contributed by atoms with E-state index >= 15 is 0 Å². The number of aliphatic carboxylic acids is 1. The van der Waals surface area contributed by atoms with Crippen molar-refractivity contribution < 1.29 is 24.3 Å². The molecule has 0 fully saturated rings. The van der Waals surface area contributed by atoms with Crippen molar-refractivity contribution in [3.8, 4) is 5.75 Å². The average Bonchev–Trinajstić information content (AvgIpc) is 3.35. The van der Waals surface area contributed by atoms with Crippen LogP contribution in [0.15, 0.2) is 97.2 Å². The maximum absolute atomic E-state index is 13.1. The number of carboxylic acid groups (broad SMARTS) is 1. The largest absolute Gasteiger partial charge is 0.494 e. The molecule has 40 heavy (non-hydrogen) atoms. The first-order valence-electron chi connectivity index (χ1n) is 13.8. The Morgan fingerprint density at radius 2 is 1.65 bits per heavy atom. The number of carbonyl (C=O) groups is 2. The van der Waals surface area contributed by atoms with E-state index in [2.05, 4.69) is 24.3 Å². The zero-order valence-electron chi connectivity index (χ0n) is 23.2. The predicted octanol–water partition coefficient (Wildman–Crippen LogP) is 7.22. The van der Waals surface area contributed by atoms with E-state index in [9.17, 15) is 14.7 Å². The number of aryl methyl sites for hydroxylation is 1. The Kier molecular flexibility index (Phi) is 9.79. The van der Waals surface area contributed by atoms with Crippen LogP contribution in [0.1, 0.15) is 50.7 Å². The number of benzene rings is 3. The Hall–Kier alpha value is -4.32. The lowest BCUT2D eigenvalue weighted by atomic mass is 9.81. The second-order valence-electron chi connectivity index (χ2n) is 10.7. The Bertz CT molecular complexity index is 1420. The van der Waals surface area contributed by atoms with Crippen LogP contribution in [0.5, 0.6) is 5.75 Å². The minimum Gasteiger partial charge on any atom is -0.494 e. The topological polar surface area (TPSA) is 77.8 Å². The molecule has 6 nitrogen and oxygen atoms in total. The van der Waals surface area contributed by atoms with E-state index < -0.39 is 17.4 Å². The van der Waals surface area contributed by atoms with Gasteiger partial charge in [-0.2, -0.15) is 4.73 Å². The molecule has 0 aliphatic carbocycles. The molecule has 0 saturated heterocycles. The number of aromatic nitrogens is 1. The number of para-hydroxylation sites is 1. The van der Waals surface area contributed by atoms with Crippen molar-refractivity contribution in [3.63, 3.8) is 0 Å². The second kappa shape index (κ2) is 13.7. The first-order valence-corrected chi connectivity index (χ1v) is 13.8. The number of nitrogens with zero attached hydrogens (tertiary/aromatic N) is 1. The summed E-state index contributed by atoms with van der Waals surface area (Å²) in [5.74, 6) is -0.864. The number of carboxylic acids is 1. The molecule has 3 aromatic carbocycles. The zero-order chi connectivity index (χ0) is 28.4. The predicted molar refractivity (Wildman–Crippen MR) is 158 cm³/mol. The number of fused-ring (bicyclic) bond motifs is 1. The fraction of sp³-hybridized carbons (Fsp3) is 0.294. The van der Waals surface area contributed by atoms with E-state index in [0.717, 1.165) is 41.5 Å². The lowest BCUT2D eigenvalue weighted by Crippen LogP contribution is -2.35. The SMILES string of the molecule is CC(C)(CC(C=Cc1ccc(OCCCCc2ccccc2)cc1)CC(=O)O)C(=O)On1ccc2ccccc21. The van der Waals surface area contributed by atoms with Crippen LogP contribution < -0.4 is 9.57 Å². The maximum atomic E-state index is 13.1. The molecule has 1 aromatic heterocycles. The highest BCUT2D eigenvalue weighted by Gasteiger charge is 2.33. The molecule has 0 radical (unpaired) electrons. The van der Waals surface area contributed by atoms with Crippen LogP contribution in [-0.2, 0) is 16.0 Å². The van der Waals surface area contributed by atoms with Crippen molar-refractivity contribution in [3.05, 3.63) is 108 Å². The van der Waals surface area contributed by atoms with Gasteiger partial charge in [0.2, 0.25) is 0 Å². The third-order valence-electron chi connectivity index (χ3n) is 6.92. The third kappa shape index (κ3) is 8.34. The lowest BCUT2D eigenvalue weighted by molar-refractivity contribution is -0.155. The van der Waals surface area contributed by atoms with Crippen molar-refractivity contribution in [2.45, 2.75) is 46.0 Å². The standard InChI is InChI=1S/C34H37NO5/c1-34(2,33(38)40-35-22-21-29-13-6-7-14-31(29)35)25-28(24-32(36)37)16-15-27-17-19-30(20-18-27)39-23-9-8-12-26-10-4-3-5-11-26/h3-7,10-11,13-22,28H,8-9,12,23-25H2,1-2H3,(H,36,37). The number of rotatable bonds is 14. The van der Waals surface area contributed by atoms with Crippen LogP contribution in [0.25, 0.3) is 17.0 Å². The van der Waals surface area contributed by atoms with E-state index in [1.165, 1.54) is 10.3 Å². The number of unbranched alkanes of at least 4 members (excludes halogenated alkanes) is 1. The number of carbonyl (C=O) groups excluding carboxylic acids is 1. The van der Waals surface area contributed by atoms with Gasteiger partial charge in [-0.15, -0.1) is 0 Å². The summed E-state index contributed by atoms with van der Waals surface area (Å²) in [4.78, 5) is 30.3. The van der Waals surface area contributed by atoms with E-state index in [0.29, 0.717) is 13.0 Å². The van der Waals surface area contributed by atoms with Gasteiger partial charge in [0.25, 0.3) is 0 Å². The highest BCUT2D eigenvalue weighted by Crippen LogP contribution is 2.30. The molecule has 4 aromatic rings. The summed E-state index contributed by atoms with van der Waals surface area (Å²) in [5.41, 5.74) is 2.18. The van der Waals surface area contributed by atoms with Crippen LogP contribution in [0, 0.1) is 11.3 Å². The molecule has 1 atom stereocenters. The molecule has 1 heterocycles. The minimum absolute atomic E-state index is 0.0795. The van der Waals surface area contributed by atoms with E-state index in [1.54, 1.807) is 20.0 Å². The van der Waals surface area contributed by atoms with Crippen molar-refractivity contribution >= 4 is 28.9 Å². The fourth-order valence-corrected chi connectivity index (χ4v) is 4.71. The molecule has 1 unspecified atom stereocenters. The molecule has 1 N–H and O–H groups in total. The zero-order valence-corrected chi connectivity index (χ0v) is 23.2. The number of allylic oxidation sites excluding steroid dienone is 1. The molecular weight excluding hydrogens is 502 g/mol. The molecule has 0 spiro atoms. The Morgan fingerprint density at radius 3 is 2.40 bits per heavy atom. The summed E-state index contributed by atoms with van der Waals surface area (Å²) in [6.07, 6.45) is 8.83. The Balaban J connectivity index is 1.29. The van der Waals surface area contributed by atoms with E-state index in [4.69, 9.17) is 9.57 Å². The molecule has 6 heteroatoms. The summed E-state index contributed by atoms with van der Waals surface area (Å²) in [7, 11) is 0. The minimum atomic E-state index is -0.911. The smallest absolute Gasteiger partial charge is 0.338 e. The summed E-state index contributed by atoms with van der Waals surface area (Å²) in [6, 6.07) is 27.7. The Morgan fingerprint density at radius 1 is 0.925 bits per heavy atom. The molecule has 208 valence electrons. The van der Waals surface area contributed by atoms with Gasteiger partial charge in [0.1, 0.15) is 5.75 Å². The molecule has 0 aliphatic heterocycles. The van der Waals surface area contributed by atoms with Gasteiger partial charge in [0.15, 0.2) is 0 Å². The fourth-order valence-electron chi connectivity index (χ4n) is 4.71. The van der Waals surface area contributed by atoms with Crippen LogP contribution in [0.4, 0.5) is 0 Å². The summed E-state index contributed by atoms with van der Waals surface area (Å²) in [5, 5.41) is 10.5. The summed E-state index contributed by atoms with van der Waals surface area (Å²) < 4.78 is 7.35. The van der Waals surface area contributed by atoms with Gasteiger partial charge in [-0.3, -0.25) is 4.79 Å².